The van der Waals surface area contributed by atoms with Crippen LogP contribution in [0.3, 0.4) is 0 Å². The van der Waals surface area contributed by atoms with Gasteiger partial charge in [0.1, 0.15) is 6.10 Å². The van der Waals surface area contributed by atoms with Crippen LogP contribution in [-0.2, 0) is 0 Å². The van der Waals surface area contributed by atoms with Crippen molar-refractivity contribution in [3.8, 4) is 11.9 Å². The first-order chi connectivity index (χ1) is 9.76. The third kappa shape index (κ3) is 3.24. The topological polar surface area (TPSA) is 64.5 Å². The second-order valence-electron chi connectivity index (χ2n) is 4.09. The van der Waals surface area contributed by atoms with Crippen molar-refractivity contribution >= 4 is 0 Å². The number of ether oxygens (including phenoxy) is 2. The van der Waals surface area contributed by atoms with Crippen LogP contribution in [0.15, 0.2) is 36.5 Å². The first kappa shape index (κ1) is 14.3. The summed E-state index contributed by atoms with van der Waals surface area (Å²) in [5.41, 5.74) is 1.29. The molecule has 0 aliphatic rings. The van der Waals surface area contributed by atoms with Gasteiger partial charge in [0.05, 0.1) is 18.8 Å². The Morgan fingerprint density at radius 2 is 1.80 bits per heavy atom. The van der Waals surface area contributed by atoms with Crippen LogP contribution in [0, 0.1) is 0 Å². The maximum atomic E-state index is 10.4. The van der Waals surface area contributed by atoms with Gasteiger partial charge in [0, 0.05) is 6.20 Å². The van der Waals surface area contributed by atoms with Crippen LogP contribution in [-0.4, -0.2) is 28.3 Å². The van der Waals surface area contributed by atoms with Gasteiger partial charge in [-0.3, -0.25) is 0 Å². The lowest BCUT2D eigenvalue weighted by Gasteiger charge is -2.15. The second-order valence-corrected chi connectivity index (χ2v) is 4.09. The van der Waals surface area contributed by atoms with Gasteiger partial charge in [-0.1, -0.05) is 30.3 Å². The number of aliphatic hydroxyl groups excluding tert-OH is 1. The number of aromatic nitrogens is 2. The van der Waals surface area contributed by atoms with Gasteiger partial charge in [0.2, 0.25) is 5.88 Å². The summed E-state index contributed by atoms with van der Waals surface area (Å²) in [6.07, 6.45) is 0.717. The summed E-state index contributed by atoms with van der Waals surface area (Å²) >= 11 is 0. The average molecular weight is 274 g/mol. The van der Waals surface area contributed by atoms with E-state index in [0.717, 1.165) is 5.56 Å². The normalized spacial score (nSPS) is 11.9. The summed E-state index contributed by atoms with van der Waals surface area (Å²) in [6, 6.07) is 9.57. The van der Waals surface area contributed by atoms with Crippen LogP contribution >= 0.6 is 0 Å². The first-order valence-corrected chi connectivity index (χ1v) is 6.61. The highest BCUT2D eigenvalue weighted by molar-refractivity contribution is 5.35. The standard InChI is InChI=1S/C15H18N2O3/c1-3-19-14-12(10-16-15(17-14)20-4-2)13(18)11-8-6-5-7-9-11/h5-10,13,18H,3-4H2,1-2H3. The van der Waals surface area contributed by atoms with E-state index in [2.05, 4.69) is 9.97 Å². The molecule has 2 rings (SSSR count). The molecule has 0 fully saturated rings. The molecule has 5 heteroatoms. The van der Waals surface area contributed by atoms with E-state index in [4.69, 9.17) is 9.47 Å². The molecule has 0 radical (unpaired) electrons. The molecule has 0 bridgehead atoms. The summed E-state index contributed by atoms with van der Waals surface area (Å²) in [5.74, 6) is 0.349. The highest BCUT2D eigenvalue weighted by atomic mass is 16.5. The van der Waals surface area contributed by atoms with Gasteiger partial charge in [-0.2, -0.15) is 4.98 Å². The van der Waals surface area contributed by atoms with Crippen molar-refractivity contribution in [3.05, 3.63) is 47.7 Å². The molecule has 1 aromatic heterocycles. The summed E-state index contributed by atoms with van der Waals surface area (Å²) in [4.78, 5) is 8.27. The molecule has 1 heterocycles. The minimum absolute atomic E-state index is 0.250. The van der Waals surface area contributed by atoms with Crippen molar-refractivity contribution in [1.29, 1.82) is 0 Å². The molecule has 0 saturated heterocycles. The molecule has 20 heavy (non-hydrogen) atoms. The lowest BCUT2D eigenvalue weighted by Crippen LogP contribution is -2.08. The fourth-order valence-corrected chi connectivity index (χ4v) is 1.81. The predicted octanol–water partition coefficient (Wildman–Crippen LogP) is 2.36. The molecule has 0 aliphatic heterocycles. The highest BCUT2D eigenvalue weighted by Gasteiger charge is 2.18. The zero-order valence-electron chi connectivity index (χ0n) is 11.6. The molecule has 1 aromatic carbocycles. The van der Waals surface area contributed by atoms with Crippen LogP contribution in [0.25, 0.3) is 0 Å². The number of aliphatic hydroxyl groups is 1. The number of rotatable bonds is 6. The lowest BCUT2D eigenvalue weighted by atomic mass is 10.0. The van der Waals surface area contributed by atoms with Gasteiger partial charge in [0.25, 0.3) is 0 Å². The number of benzene rings is 1. The maximum absolute atomic E-state index is 10.4. The van der Waals surface area contributed by atoms with Crippen molar-refractivity contribution in [3.63, 3.8) is 0 Å². The fraction of sp³-hybridized carbons (Fsp3) is 0.333. The molecule has 0 spiro atoms. The van der Waals surface area contributed by atoms with E-state index in [0.29, 0.717) is 24.7 Å². The van der Waals surface area contributed by atoms with Crippen LogP contribution in [0.4, 0.5) is 0 Å². The molecule has 0 saturated carbocycles. The molecule has 1 unspecified atom stereocenters. The molecule has 0 amide bonds. The minimum atomic E-state index is -0.826. The number of nitrogens with zero attached hydrogens (tertiary/aromatic N) is 2. The van der Waals surface area contributed by atoms with Crippen molar-refractivity contribution < 1.29 is 14.6 Å². The van der Waals surface area contributed by atoms with Gasteiger partial charge in [-0.25, -0.2) is 4.98 Å². The first-order valence-electron chi connectivity index (χ1n) is 6.61. The Balaban J connectivity index is 2.34. The smallest absolute Gasteiger partial charge is 0.319 e. The van der Waals surface area contributed by atoms with Gasteiger partial charge < -0.3 is 14.6 Å². The Morgan fingerprint density at radius 1 is 1.10 bits per heavy atom. The van der Waals surface area contributed by atoms with Gasteiger partial charge in [0.15, 0.2) is 0 Å². The summed E-state index contributed by atoms with van der Waals surface area (Å²) in [6.45, 7) is 4.65. The number of hydrogen-bond acceptors (Lipinski definition) is 5. The molecule has 1 N–H and O–H groups in total. The number of hydrogen-bond donors (Lipinski definition) is 1. The van der Waals surface area contributed by atoms with E-state index < -0.39 is 6.10 Å². The Labute approximate surface area is 118 Å². The molecule has 0 aliphatic carbocycles. The molecular weight excluding hydrogens is 256 g/mol. The SMILES string of the molecule is CCOc1ncc(C(O)c2ccccc2)c(OCC)n1. The largest absolute Gasteiger partial charge is 0.478 e. The average Bonchev–Trinajstić information content (AvgIpc) is 2.48. The second kappa shape index (κ2) is 6.86. The highest BCUT2D eigenvalue weighted by Crippen LogP contribution is 2.29. The Bertz CT molecular complexity index is 546. The van der Waals surface area contributed by atoms with Crippen LogP contribution < -0.4 is 9.47 Å². The Kier molecular flexibility index (Phi) is 4.90. The van der Waals surface area contributed by atoms with Crippen molar-refractivity contribution in [2.75, 3.05) is 13.2 Å². The van der Waals surface area contributed by atoms with E-state index in [-0.39, 0.29) is 6.01 Å². The minimum Gasteiger partial charge on any atom is -0.478 e. The Hall–Kier alpha value is -2.14. The summed E-state index contributed by atoms with van der Waals surface area (Å²) in [5, 5.41) is 10.4. The zero-order chi connectivity index (χ0) is 14.4. The molecule has 5 nitrogen and oxygen atoms in total. The van der Waals surface area contributed by atoms with E-state index in [1.165, 1.54) is 0 Å². The molecule has 106 valence electrons. The monoisotopic (exact) mass is 274 g/mol. The third-order valence-electron chi connectivity index (χ3n) is 2.72. The van der Waals surface area contributed by atoms with E-state index >= 15 is 0 Å². The predicted molar refractivity (Wildman–Crippen MR) is 74.9 cm³/mol. The van der Waals surface area contributed by atoms with E-state index in [9.17, 15) is 5.11 Å². The molecular formula is C15H18N2O3. The quantitative estimate of drug-likeness (QED) is 0.876. The fourth-order valence-electron chi connectivity index (χ4n) is 1.81. The van der Waals surface area contributed by atoms with Crippen LogP contribution in [0.5, 0.6) is 11.9 Å². The van der Waals surface area contributed by atoms with Crippen molar-refractivity contribution in [2.45, 2.75) is 20.0 Å². The lowest BCUT2D eigenvalue weighted by molar-refractivity contribution is 0.207. The Morgan fingerprint density at radius 3 is 2.45 bits per heavy atom. The van der Waals surface area contributed by atoms with Gasteiger partial charge >= 0.3 is 6.01 Å². The van der Waals surface area contributed by atoms with E-state index in [1.807, 2.05) is 44.2 Å². The maximum Gasteiger partial charge on any atom is 0.319 e. The van der Waals surface area contributed by atoms with Gasteiger partial charge in [-0.05, 0) is 19.4 Å². The molecule has 2 aromatic rings. The van der Waals surface area contributed by atoms with Gasteiger partial charge in [-0.15, -0.1) is 0 Å². The summed E-state index contributed by atoms with van der Waals surface area (Å²) in [7, 11) is 0. The van der Waals surface area contributed by atoms with E-state index in [1.54, 1.807) is 6.20 Å². The summed E-state index contributed by atoms with van der Waals surface area (Å²) < 4.78 is 10.7. The zero-order valence-corrected chi connectivity index (χ0v) is 11.6. The van der Waals surface area contributed by atoms with Crippen LogP contribution in [0.2, 0.25) is 0 Å². The third-order valence-corrected chi connectivity index (χ3v) is 2.72. The molecule has 1 atom stereocenters. The van der Waals surface area contributed by atoms with Crippen LogP contribution in [0.1, 0.15) is 31.1 Å². The van der Waals surface area contributed by atoms with Crippen molar-refractivity contribution in [1.82, 2.24) is 9.97 Å². The van der Waals surface area contributed by atoms with Crippen molar-refractivity contribution in [2.24, 2.45) is 0 Å².